The van der Waals surface area contributed by atoms with Gasteiger partial charge < -0.3 is 10.1 Å². The Bertz CT molecular complexity index is 1040. The van der Waals surface area contributed by atoms with Gasteiger partial charge in [0.2, 0.25) is 0 Å². The van der Waals surface area contributed by atoms with Gasteiger partial charge in [0.25, 0.3) is 0 Å². The molecule has 2 N–H and O–H groups in total. The van der Waals surface area contributed by atoms with E-state index in [9.17, 15) is 9.59 Å². The second-order valence-electron chi connectivity index (χ2n) is 6.10. The van der Waals surface area contributed by atoms with Crippen molar-refractivity contribution in [2.45, 2.75) is 13.8 Å². The van der Waals surface area contributed by atoms with Crippen molar-refractivity contribution in [1.29, 1.82) is 0 Å². The molecule has 0 atom stereocenters. The monoisotopic (exact) mass is 375 g/mol. The lowest BCUT2D eigenvalue weighted by atomic mass is 10.0. The molecule has 0 aliphatic heterocycles. The number of nitrogens with zero attached hydrogens (tertiary/aromatic N) is 1. The van der Waals surface area contributed by atoms with E-state index in [-0.39, 0.29) is 0 Å². The Balaban J connectivity index is 1.75. The molecule has 0 aliphatic carbocycles. The van der Waals surface area contributed by atoms with Gasteiger partial charge >= 0.3 is 11.8 Å². The summed E-state index contributed by atoms with van der Waals surface area (Å²) in [6.07, 6.45) is 1.49. The van der Waals surface area contributed by atoms with Crippen LogP contribution in [0.25, 0.3) is 10.8 Å². The minimum Gasteiger partial charge on any atom is -0.493 e. The van der Waals surface area contributed by atoms with Crippen LogP contribution in [-0.4, -0.2) is 24.6 Å². The van der Waals surface area contributed by atoms with E-state index in [0.717, 1.165) is 21.9 Å². The van der Waals surface area contributed by atoms with Gasteiger partial charge in [-0.3, -0.25) is 9.59 Å². The smallest absolute Gasteiger partial charge is 0.329 e. The maximum absolute atomic E-state index is 12.1. The molecule has 6 nitrogen and oxygen atoms in total. The number of ether oxygens (including phenoxy) is 1. The van der Waals surface area contributed by atoms with Crippen LogP contribution >= 0.6 is 0 Å². The van der Waals surface area contributed by atoms with Crippen molar-refractivity contribution >= 4 is 34.5 Å². The summed E-state index contributed by atoms with van der Waals surface area (Å²) in [7, 11) is 0. The Hall–Kier alpha value is -3.67. The van der Waals surface area contributed by atoms with Crippen molar-refractivity contribution < 1.29 is 14.3 Å². The third-order valence-electron chi connectivity index (χ3n) is 4.19. The number of para-hydroxylation sites is 1. The normalized spacial score (nSPS) is 10.8. The number of anilines is 1. The molecule has 3 aromatic rings. The van der Waals surface area contributed by atoms with Gasteiger partial charge in [-0.2, -0.15) is 5.10 Å². The molecular weight excluding hydrogens is 354 g/mol. The predicted octanol–water partition coefficient (Wildman–Crippen LogP) is 3.64. The summed E-state index contributed by atoms with van der Waals surface area (Å²) in [5, 5.41) is 8.49. The molecule has 6 heteroatoms. The molecule has 3 rings (SSSR count). The van der Waals surface area contributed by atoms with Crippen molar-refractivity contribution in [1.82, 2.24) is 5.43 Å². The molecule has 0 heterocycles. The van der Waals surface area contributed by atoms with Gasteiger partial charge in [0.15, 0.2) is 0 Å². The SMILES string of the molecule is CCOc1ccc2ccccc2c1/C=N\NC(=O)C(=O)Nc1ccccc1C. The second kappa shape index (κ2) is 8.81. The summed E-state index contributed by atoms with van der Waals surface area (Å²) in [4.78, 5) is 24.1. The first-order valence-electron chi connectivity index (χ1n) is 8.94. The number of fused-ring (bicyclic) bond motifs is 1. The molecular formula is C22H21N3O3. The van der Waals surface area contributed by atoms with Gasteiger partial charge in [-0.25, -0.2) is 5.43 Å². The number of hydrazone groups is 1. The highest BCUT2D eigenvalue weighted by Gasteiger charge is 2.14. The molecule has 0 radical (unpaired) electrons. The Morgan fingerprint density at radius 2 is 1.75 bits per heavy atom. The maximum atomic E-state index is 12.1. The molecule has 0 unspecified atom stereocenters. The number of hydrogen-bond acceptors (Lipinski definition) is 4. The van der Waals surface area contributed by atoms with E-state index < -0.39 is 11.8 Å². The van der Waals surface area contributed by atoms with Crippen molar-refractivity contribution in [3.63, 3.8) is 0 Å². The molecule has 0 aromatic heterocycles. The van der Waals surface area contributed by atoms with Crippen LogP contribution in [0.5, 0.6) is 5.75 Å². The highest BCUT2D eigenvalue weighted by Crippen LogP contribution is 2.26. The number of nitrogens with one attached hydrogen (secondary N) is 2. The van der Waals surface area contributed by atoms with E-state index in [2.05, 4.69) is 15.8 Å². The van der Waals surface area contributed by atoms with Crippen LogP contribution in [0.2, 0.25) is 0 Å². The highest BCUT2D eigenvalue weighted by atomic mass is 16.5. The first-order chi connectivity index (χ1) is 13.6. The number of aryl methyl sites for hydroxylation is 1. The summed E-state index contributed by atoms with van der Waals surface area (Å²) < 4.78 is 5.66. The number of benzene rings is 3. The number of hydrogen-bond donors (Lipinski definition) is 2. The molecule has 0 saturated carbocycles. The number of amides is 2. The molecule has 2 amide bonds. The van der Waals surface area contributed by atoms with Crippen molar-refractivity contribution in [2.75, 3.05) is 11.9 Å². The topological polar surface area (TPSA) is 79.8 Å². The first kappa shape index (κ1) is 19.1. The van der Waals surface area contributed by atoms with Gasteiger partial charge in [0.1, 0.15) is 5.75 Å². The van der Waals surface area contributed by atoms with Gasteiger partial charge in [-0.15, -0.1) is 0 Å². The van der Waals surface area contributed by atoms with Gasteiger partial charge in [0, 0.05) is 11.3 Å². The van der Waals surface area contributed by atoms with E-state index in [4.69, 9.17) is 4.74 Å². The molecule has 28 heavy (non-hydrogen) atoms. The lowest BCUT2D eigenvalue weighted by Crippen LogP contribution is -2.32. The van der Waals surface area contributed by atoms with E-state index in [1.165, 1.54) is 6.21 Å². The zero-order chi connectivity index (χ0) is 19.9. The highest BCUT2D eigenvalue weighted by molar-refractivity contribution is 6.39. The molecule has 0 bridgehead atoms. The molecule has 142 valence electrons. The summed E-state index contributed by atoms with van der Waals surface area (Å²) in [6, 6.07) is 18.8. The molecule has 0 spiro atoms. The third-order valence-corrected chi connectivity index (χ3v) is 4.19. The van der Waals surface area contributed by atoms with Gasteiger partial charge in [0.05, 0.1) is 12.8 Å². The van der Waals surface area contributed by atoms with Crippen LogP contribution in [0, 0.1) is 6.92 Å². The van der Waals surface area contributed by atoms with Crippen LogP contribution in [0.4, 0.5) is 5.69 Å². The predicted molar refractivity (Wildman–Crippen MR) is 111 cm³/mol. The lowest BCUT2D eigenvalue weighted by molar-refractivity contribution is -0.136. The minimum absolute atomic E-state index is 0.504. The van der Waals surface area contributed by atoms with E-state index in [1.807, 2.05) is 62.4 Å². The molecule has 0 aliphatic rings. The first-order valence-corrected chi connectivity index (χ1v) is 8.94. The number of carbonyl (C=O) groups excluding carboxylic acids is 2. The second-order valence-corrected chi connectivity index (χ2v) is 6.10. The van der Waals surface area contributed by atoms with E-state index >= 15 is 0 Å². The number of carbonyl (C=O) groups is 2. The fourth-order valence-electron chi connectivity index (χ4n) is 2.79. The lowest BCUT2D eigenvalue weighted by Gasteiger charge is -2.10. The Labute approximate surface area is 163 Å². The number of rotatable bonds is 5. The zero-order valence-electron chi connectivity index (χ0n) is 15.7. The van der Waals surface area contributed by atoms with E-state index in [1.54, 1.807) is 12.1 Å². The van der Waals surface area contributed by atoms with Crippen LogP contribution in [-0.2, 0) is 9.59 Å². The summed E-state index contributed by atoms with van der Waals surface area (Å²) >= 11 is 0. The largest absolute Gasteiger partial charge is 0.493 e. The fourth-order valence-corrected chi connectivity index (χ4v) is 2.79. The third kappa shape index (κ3) is 4.35. The quantitative estimate of drug-likeness (QED) is 0.406. The molecule has 0 fully saturated rings. The maximum Gasteiger partial charge on any atom is 0.329 e. The molecule has 3 aromatic carbocycles. The van der Waals surface area contributed by atoms with Crippen molar-refractivity contribution in [2.24, 2.45) is 5.10 Å². The van der Waals surface area contributed by atoms with Crippen molar-refractivity contribution in [3.8, 4) is 5.75 Å². The summed E-state index contributed by atoms with van der Waals surface area (Å²) in [6.45, 7) is 4.25. The minimum atomic E-state index is -0.849. The van der Waals surface area contributed by atoms with Crippen LogP contribution in [0.1, 0.15) is 18.1 Å². The summed E-state index contributed by atoms with van der Waals surface area (Å²) in [5.41, 5.74) is 4.45. The van der Waals surface area contributed by atoms with E-state index in [0.29, 0.717) is 18.0 Å². The summed E-state index contributed by atoms with van der Waals surface area (Å²) in [5.74, 6) is -0.976. The Kier molecular flexibility index (Phi) is 6.01. The standard InChI is InChI=1S/C22H21N3O3/c1-3-28-20-13-12-16-9-5-6-10-17(16)18(20)14-23-25-22(27)21(26)24-19-11-7-4-8-15(19)2/h4-14H,3H2,1-2H3,(H,24,26)(H,25,27)/b23-14-. The van der Waals surface area contributed by atoms with Crippen LogP contribution in [0.3, 0.4) is 0 Å². The zero-order valence-corrected chi connectivity index (χ0v) is 15.7. The molecule has 0 saturated heterocycles. The fraction of sp³-hybridized carbons (Fsp3) is 0.136. The van der Waals surface area contributed by atoms with Crippen LogP contribution < -0.4 is 15.5 Å². The Morgan fingerprint density at radius 1 is 1.00 bits per heavy atom. The van der Waals surface area contributed by atoms with Gasteiger partial charge in [-0.1, -0.05) is 48.5 Å². The average Bonchev–Trinajstić information content (AvgIpc) is 2.71. The van der Waals surface area contributed by atoms with Crippen LogP contribution in [0.15, 0.2) is 65.8 Å². The average molecular weight is 375 g/mol. The van der Waals surface area contributed by atoms with Crippen molar-refractivity contribution in [3.05, 3.63) is 71.8 Å². The van der Waals surface area contributed by atoms with Gasteiger partial charge in [-0.05, 0) is 42.3 Å². The Morgan fingerprint density at radius 3 is 2.54 bits per heavy atom.